The van der Waals surface area contributed by atoms with Crippen LogP contribution in [0.1, 0.15) is 40.7 Å². The van der Waals surface area contributed by atoms with Gasteiger partial charge in [0.05, 0.1) is 38.0 Å². The van der Waals surface area contributed by atoms with Gasteiger partial charge >= 0.3 is 0 Å². The summed E-state index contributed by atoms with van der Waals surface area (Å²) >= 11 is 5.20. The fourth-order valence-electron chi connectivity index (χ4n) is 2.03. The van der Waals surface area contributed by atoms with Gasteiger partial charge < -0.3 is 5.73 Å². The van der Waals surface area contributed by atoms with Crippen molar-refractivity contribution in [2.24, 2.45) is 5.73 Å². The molecule has 0 saturated heterocycles. The van der Waals surface area contributed by atoms with Crippen LogP contribution >= 0.6 is 27.3 Å². The zero-order valence-corrected chi connectivity index (χ0v) is 13.2. The molecule has 18 heavy (non-hydrogen) atoms. The molecule has 98 valence electrons. The lowest BCUT2D eigenvalue weighted by atomic mass is 10.1. The number of aromatic nitrogens is 3. The zero-order chi connectivity index (χ0) is 13.3. The molecule has 0 bridgehead atoms. The second kappa shape index (κ2) is 5.50. The molecule has 0 spiro atoms. The Labute approximate surface area is 119 Å². The van der Waals surface area contributed by atoms with Crippen molar-refractivity contribution in [1.29, 1.82) is 0 Å². The van der Waals surface area contributed by atoms with Crippen molar-refractivity contribution in [3.63, 3.8) is 0 Å². The van der Waals surface area contributed by atoms with E-state index in [0.717, 1.165) is 38.7 Å². The van der Waals surface area contributed by atoms with Gasteiger partial charge in [-0.25, -0.2) is 4.98 Å². The van der Waals surface area contributed by atoms with Crippen LogP contribution in [-0.2, 0) is 6.54 Å². The van der Waals surface area contributed by atoms with E-state index >= 15 is 0 Å². The predicted octanol–water partition coefficient (Wildman–Crippen LogP) is 3.18. The van der Waals surface area contributed by atoms with Gasteiger partial charge in [-0.1, -0.05) is 6.92 Å². The van der Waals surface area contributed by atoms with Gasteiger partial charge in [-0.3, -0.25) is 4.68 Å². The van der Waals surface area contributed by atoms with Crippen molar-refractivity contribution >= 4 is 27.3 Å². The van der Waals surface area contributed by atoms with Gasteiger partial charge in [0.2, 0.25) is 0 Å². The summed E-state index contributed by atoms with van der Waals surface area (Å²) in [7, 11) is 0. The molecule has 1 unspecified atom stereocenters. The summed E-state index contributed by atoms with van der Waals surface area (Å²) in [6, 6.07) is -0.167. The molecular formula is C12H17BrN4S. The lowest BCUT2D eigenvalue weighted by Gasteiger charge is -2.14. The summed E-state index contributed by atoms with van der Waals surface area (Å²) < 4.78 is 2.94. The number of nitrogens with two attached hydrogens (primary N) is 1. The minimum Gasteiger partial charge on any atom is -0.318 e. The fourth-order valence-corrected chi connectivity index (χ4v) is 3.51. The third kappa shape index (κ3) is 2.50. The quantitative estimate of drug-likeness (QED) is 0.937. The first-order valence-electron chi connectivity index (χ1n) is 5.95. The minimum atomic E-state index is -0.167. The topological polar surface area (TPSA) is 56.7 Å². The van der Waals surface area contributed by atoms with E-state index in [1.54, 1.807) is 11.3 Å². The summed E-state index contributed by atoms with van der Waals surface area (Å²) in [6.45, 7) is 7.03. The van der Waals surface area contributed by atoms with E-state index in [1.165, 1.54) is 0 Å². The van der Waals surface area contributed by atoms with Gasteiger partial charge in [0, 0.05) is 6.54 Å². The summed E-state index contributed by atoms with van der Waals surface area (Å²) in [5.74, 6) is 0. The molecule has 0 aliphatic heterocycles. The Kier molecular flexibility index (Phi) is 4.19. The second-order valence-corrected chi connectivity index (χ2v) is 6.35. The standard InChI is InChI=1S/C12H17BrN4S/c1-4-5-17-11(9(13)6-15-17)10(14)12-7(2)16-8(3)18-12/h6,10H,4-5,14H2,1-3H3. The van der Waals surface area contributed by atoms with Crippen LogP contribution in [0.2, 0.25) is 0 Å². The molecule has 0 amide bonds. The smallest absolute Gasteiger partial charge is 0.0900 e. The molecule has 0 aromatic carbocycles. The van der Waals surface area contributed by atoms with E-state index in [1.807, 2.05) is 24.7 Å². The lowest BCUT2D eigenvalue weighted by Crippen LogP contribution is -2.18. The van der Waals surface area contributed by atoms with Gasteiger partial charge in [-0.2, -0.15) is 5.10 Å². The molecule has 0 radical (unpaired) electrons. The maximum Gasteiger partial charge on any atom is 0.0900 e. The highest BCUT2D eigenvalue weighted by atomic mass is 79.9. The molecule has 0 aliphatic carbocycles. The third-order valence-corrected chi connectivity index (χ3v) is 4.55. The maximum atomic E-state index is 6.39. The number of thiazole rings is 1. The van der Waals surface area contributed by atoms with Crippen LogP contribution in [0.5, 0.6) is 0 Å². The van der Waals surface area contributed by atoms with E-state index in [2.05, 4.69) is 32.9 Å². The molecule has 2 heterocycles. The number of hydrogen-bond acceptors (Lipinski definition) is 4. The Hall–Kier alpha value is -0.720. The van der Waals surface area contributed by atoms with E-state index in [-0.39, 0.29) is 6.04 Å². The van der Waals surface area contributed by atoms with E-state index < -0.39 is 0 Å². The number of halogens is 1. The molecule has 0 fully saturated rings. The predicted molar refractivity (Wildman–Crippen MR) is 77.8 cm³/mol. The molecule has 2 aromatic heterocycles. The number of aryl methyl sites for hydroxylation is 3. The van der Waals surface area contributed by atoms with Crippen LogP contribution in [0, 0.1) is 13.8 Å². The average molecular weight is 329 g/mol. The third-order valence-electron chi connectivity index (χ3n) is 2.79. The Morgan fingerprint density at radius 2 is 2.22 bits per heavy atom. The van der Waals surface area contributed by atoms with Crippen LogP contribution in [0.4, 0.5) is 0 Å². The molecular weight excluding hydrogens is 312 g/mol. The first kappa shape index (κ1) is 13.7. The molecule has 6 heteroatoms. The minimum absolute atomic E-state index is 0.167. The summed E-state index contributed by atoms with van der Waals surface area (Å²) in [5.41, 5.74) is 8.43. The Bertz CT molecular complexity index is 546. The first-order chi connectivity index (χ1) is 8.54. The molecule has 1 atom stereocenters. The Morgan fingerprint density at radius 1 is 1.50 bits per heavy atom. The fraction of sp³-hybridized carbons (Fsp3) is 0.500. The number of nitrogens with zero attached hydrogens (tertiary/aromatic N) is 3. The van der Waals surface area contributed by atoms with Crippen molar-refractivity contribution in [2.75, 3.05) is 0 Å². The van der Waals surface area contributed by atoms with Crippen molar-refractivity contribution in [3.8, 4) is 0 Å². The van der Waals surface area contributed by atoms with Crippen molar-refractivity contribution in [1.82, 2.24) is 14.8 Å². The lowest BCUT2D eigenvalue weighted by molar-refractivity contribution is 0.560. The Balaban J connectivity index is 2.42. The van der Waals surface area contributed by atoms with Gasteiger partial charge in [0.15, 0.2) is 0 Å². The Morgan fingerprint density at radius 3 is 2.78 bits per heavy atom. The van der Waals surface area contributed by atoms with Gasteiger partial charge in [0.1, 0.15) is 0 Å². The largest absolute Gasteiger partial charge is 0.318 e. The van der Waals surface area contributed by atoms with Gasteiger partial charge in [-0.05, 0) is 36.2 Å². The van der Waals surface area contributed by atoms with E-state index in [4.69, 9.17) is 5.73 Å². The second-order valence-electron chi connectivity index (χ2n) is 4.26. The van der Waals surface area contributed by atoms with Crippen molar-refractivity contribution in [2.45, 2.75) is 39.8 Å². The highest BCUT2D eigenvalue weighted by molar-refractivity contribution is 9.10. The van der Waals surface area contributed by atoms with Crippen LogP contribution in [0.3, 0.4) is 0 Å². The van der Waals surface area contributed by atoms with Crippen molar-refractivity contribution in [3.05, 3.63) is 31.9 Å². The molecule has 0 saturated carbocycles. The highest BCUT2D eigenvalue weighted by Gasteiger charge is 2.21. The van der Waals surface area contributed by atoms with Crippen LogP contribution in [0.15, 0.2) is 10.7 Å². The van der Waals surface area contributed by atoms with E-state index in [0.29, 0.717) is 0 Å². The highest BCUT2D eigenvalue weighted by Crippen LogP contribution is 2.32. The van der Waals surface area contributed by atoms with Gasteiger partial charge in [-0.15, -0.1) is 11.3 Å². The zero-order valence-electron chi connectivity index (χ0n) is 10.8. The average Bonchev–Trinajstić information content (AvgIpc) is 2.82. The van der Waals surface area contributed by atoms with Crippen LogP contribution < -0.4 is 5.73 Å². The molecule has 2 aromatic rings. The van der Waals surface area contributed by atoms with Gasteiger partial charge in [0.25, 0.3) is 0 Å². The number of rotatable bonds is 4. The maximum absolute atomic E-state index is 6.39. The normalized spacial score (nSPS) is 12.9. The summed E-state index contributed by atoms with van der Waals surface area (Å²) in [6.07, 6.45) is 2.85. The monoisotopic (exact) mass is 328 g/mol. The first-order valence-corrected chi connectivity index (χ1v) is 7.56. The molecule has 0 aliphatic rings. The molecule has 2 rings (SSSR count). The number of hydrogen-bond donors (Lipinski definition) is 1. The summed E-state index contributed by atoms with van der Waals surface area (Å²) in [5, 5.41) is 5.41. The SMILES string of the molecule is CCCn1ncc(Br)c1C(N)c1sc(C)nc1C. The molecule has 4 nitrogen and oxygen atoms in total. The summed E-state index contributed by atoms with van der Waals surface area (Å²) in [4.78, 5) is 5.56. The van der Waals surface area contributed by atoms with Crippen molar-refractivity contribution < 1.29 is 0 Å². The van der Waals surface area contributed by atoms with Crippen LogP contribution in [0.25, 0.3) is 0 Å². The van der Waals surface area contributed by atoms with E-state index in [9.17, 15) is 0 Å². The van der Waals surface area contributed by atoms with Crippen LogP contribution in [-0.4, -0.2) is 14.8 Å². The molecule has 2 N–H and O–H groups in total.